The highest BCUT2D eigenvalue weighted by Crippen LogP contribution is 2.34. The van der Waals surface area contributed by atoms with Crippen LogP contribution in [0.15, 0.2) is 109 Å². The Labute approximate surface area is 193 Å². The number of nitrogens with zero attached hydrogens (tertiary/aromatic N) is 3. The normalized spacial score (nSPS) is 11.3. The summed E-state index contributed by atoms with van der Waals surface area (Å²) in [4.78, 5) is 9.84. The average Bonchev–Trinajstić information content (AvgIpc) is 3.23. The van der Waals surface area contributed by atoms with Gasteiger partial charge in [-0.3, -0.25) is 4.57 Å². The van der Waals surface area contributed by atoms with E-state index in [0.29, 0.717) is 0 Å². The number of pyridine rings is 2. The molecule has 33 heavy (non-hydrogen) atoms. The molecule has 0 unspecified atom stereocenters. The van der Waals surface area contributed by atoms with Crippen molar-refractivity contribution < 1.29 is 0 Å². The predicted molar refractivity (Wildman–Crippen MR) is 137 cm³/mol. The molecule has 6 rings (SSSR count). The van der Waals surface area contributed by atoms with Crippen LogP contribution >= 0.6 is 0 Å². The van der Waals surface area contributed by atoms with Crippen molar-refractivity contribution in [3.63, 3.8) is 0 Å². The average molecular weight is 426 g/mol. The van der Waals surface area contributed by atoms with E-state index in [1.165, 1.54) is 16.3 Å². The van der Waals surface area contributed by atoms with Gasteiger partial charge in [-0.25, -0.2) is 9.97 Å². The molecule has 0 N–H and O–H groups in total. The second-order valence-corrected chi connectivity index (χ2v) is 8.24. The second-order valence-electron chi connectivity index (χ2n) is 8.24. The zero-order chi connectivity index (χ0) is 22.2. The van der Waals surface area contributed by atoms with Crippen LogP contribution < -0.4 is 0 Å². The van der Waals surface area contributed by atoms with Crippen molar-refractivity contribution >= 4 is 21.9 Å². The van der Waals surface area contributed by atoms with E-state index >= 15 is 0 Å². The fourth-order valence-corrected chi connectivity index (χ4v) is 4.53. The molecule has 3 aromatic heterocycles. The van der Waals surface area contributed by atoms with E-state index in [9.17, 15) is 0 Å². The third-order valence-corrected chi connectivity index (χ3v) is 6.21. The maximum Gasteiger partial charge on any atom is 0.145 e. The number of benzene rings is 3. The van der Waals surface area contributed by atoms with Gasteiger partial charge in [-0.2, -0.15) is 0 Å². The molecule has 0 radical (unpaired) electrons. The van der Waals surface area contributed by atoms with Crippen LogP contribution in [0.2, 0.25) is 0 Å². The Morgan fingerprint density at radius 1 is 0.667 bits per heavy atom. The molecule has 0 amide bonds. The van der Waals surface area contributed by atoms with Crippen molar-refractivity contribution in [2.45, 2.75) is 13.3 Å². The molecular formula is C30H23N3. The van der Waals surface area contributed by atoms with Gasteiger partial charge < -0.3 is 0 Å². The van der Waals surface area contributed by atoms with E-state index in [2.05, 4.69) is 96.4 Å². The fraction of sp³-hybridized carbons (Fsp3) is 0.0667. The van der Waals surface area contributed by atoms with E-state index < -0.39 is 0 Å². The number of hydrogen-bond donors (Lipinski definition) is 0. The van der Waals surface area contributed by atoms with Gasteiger partial charge in [0.15, 0.2) is 0 Å². The van der Waals surface area contributed by atoms with Gasteiger partial charge in [0, 0.05) is 28.1 Å². The molecule has 3 aromatic carbocycles. The molecule has 3 heterocycles. The lowest BCUT2D eigenvalue weighted by atomic mass is 10.1. The highest BCUT2D eigenvalue weighted by molar-refractivity contribution is 6.08. The van der Waals surface area contributed by atoms with E-state index in [-0.39, 0.29) is 0 Å². The third-order valence-electron chi connectivity index (χ3n) is 6.21. The van der Waals surface area contributed by atoms with Crippen LogP contribution in [0.3, 0.4) is 0 Å². The highest BCUT2D eigenvalue weighted by atomic mass is 15.0. The zero-order valence-corrected chi connectivity index (χ0v) is 18.4. The Morgan fingerprint density at radius 2 is 1.33 bits per heavy atom. The lowest BCUT2D eigenvalue weighted by Gasteiger charge is -2.13. The van der Waals surface area contributed by atoms with Crippen molar-refractivity contribution in [3.8, 4) is 28.2 Å². The first-order chi connectivity index (χ1) is 16.3. The summed E-state index contributed by atoms with van der Waals surface area (Å²) in [5.74, 6) is 0. The minimum absolute atomic E-state index is 0.947. The fourth-order valence-electron chi connectivity index (χ4n) is 4.53. The minimum Gasteiger partial charge on any atom is -0.294 e. The maximum atomic E-state index is 5.04. The molecule has 0 saturated heterocycles. The first kappa shape index (κ1) is 19.4. The predicted octanol–water partition coefficient (Wildman–Crippen LogP) is 7.47. The summed E-state index contributed by atoms with van der Waals surface area (Å²) in [5, 5.41) is 2.40. The molecule has 0 fully saturated rings. The Balaban J connectivity index is 1.68. The lowest BCUT2D eigenvalue weighted by Crippen LogP contribution is -1.99. The quantitative estimate of drug-likeness (QED) is 0.293. The topological polar surface area (TPSA) is 30.7 Å². The van der Waals surface area contributed by atoms with Gasteiger partial charge in [0.05, 0.1) is 22.6 Å². The van der Waals surface area contributed by atoms with Crippen molar-refractivity contribution in [2.24, 2.45) is 0 Å². The number of rotatable bonds is 4. The summed E-state index contributed by atoms with van der Waals surface area (Å²) in [6.07, 6.45) is 2.88. The summed E-state index contributed by atoms with van der Waals surface area (Å²) in [7, 11) is 0. The van der Waals surface area contributed by atoms with Crippen molar-refractivity contribution in [1.29, 1.82) is 0 Å². The SMILES string of the molecule is CCc1ccc2c(c1)c1cccnc1n2-c1cc(-c2ccccc2)nc(-c2ccccc2)c1. The molecule has 0 spiro atoms. The van der Waals surface area contributed by atoms with Gasteiger partial charge in [0.25, 0.3) is 0 Å². The zero-order valence-electron chi connectivity index (χ0n) is 18.4. The lowest BCUT2D eigenvalue weighted by molar-refractivity contribution is 1.12. The Bertz CT molecular complexity index is 1520. The van der Waals surface area contributed by atoms with Crippen LogP contribution in [0, 0.1) is 0 Å². The molecule has 0 aliphatic rings. The number of aryl methyl sites for hydroxylation is 1. The Morgan fingerprint density at radius 3 is 1.97 bits per heavy atom. The number of fused-ring (bicyclic) bond motifs is 3. The molecule has 158 valence electrons. The van der Waals surface area contributed by atoms with Gasteiger partial charge >= 0.3 is 0 Å². The molecule has 0 saturated carbocycles. The molecule has 0 aliphatic carbocycles. The summed E-state index contributed by atoms with van der Waals surface area (Å²) in [6.45, 7) is 2.19. The van der Waals surface area contributed by atoms with Crippen LogP contribution in [0.25, 0.3) is 50.1 Å². The standard InChI is InChI=1S/C30H23N3/c1-2-21-15-16-29-26(18-21)25-14-9-17-31-30(25)33(29)24-19-27(22-10-5-3-6-11-22)32-28(20-24)23-12-7-4-8-13-23/h3-20H,2H2,1H3. The van der Waals surface area contributed by atoms with Crippen LogP contribution in [-0.2, 0) is 6.42 Å². The van der Waals surface area contributed by atoms with E-state index in [1.54, 1.807) is 0 Å². The molecule has 6 aromatic rings. The van der Waals surface area contributed by atoms with E-state index in [0.717, 1.165) is 45.8 Å². The Hall–Kier alpha value is -4.24. The molecule has 3 heteroatoms. The summed E-state index contributed by atoms with van der Waals surface area (Å²) >= 11 is 0. The minimum atomic E-state index is 0.947. The summed E-state index contributed by atoms with van der Waals surface area (Å²) < 4.78 is 2.27. The van der Waals surface area contributed by atoms with Crippen molar-refractivity contribution in [3.05, 3.63) is 115 Å². The Kier molecular flexibility index (Phi) is 4.73. The maximum absolute atomic E-state index is 5.04. The second kappa shape index (κ2) is 8.03. The third kappa shape index (κ3) is 3.39. The first-order valence-electron chi connectivity index (χ1n) is 11.3. The van der Waals surface area contributed by atoms with E-state index in [1.807, 2.05) is 24.4 Å². The van der Waals surface area contributed by atoms with Crippen LogP contribution in [0.4, 0.5) is 0 Å². The van der Waals surface area contributed by atoms with Crippen LogP contribution in [0.1, 0.15) is 12.5 Å². The van der Waals surface area contributed by atoms with Crippen molar-refractivity contribution in [2.75, 3.05) is 0 Å². The molecular weight excluding hydrogens is 402 g/mol. The molecule has 3 nitrogen and oxygen atoms in total. The van der Waals surface area contributed by atoms with Crippen LogP contribution in [-0.4, -0.2) is 14.5 Å². The molecule has 0 aliphatic heterocycles. The number of hydrogen-bond acceptors (Lipinski definition) is 2. The van der Waals surface area contributed by atoms with E-state index in [4.69, 9.17) is 9.97 Å². The summed E-state index contributed by atoms with van der Waals surface area (Å²) in [6, 6.07) is 36.0. The smallest absolute Gasteiger partial charge is 0.145 e. The largest absolute Gasteiger partial charge is 0.294 e. The van der Waals surface area contributed by atoms with Gasteiger partial charge in [0.1, 0.15) is 5.65 Å². The van der Waals surface area contributed by atoms with Gasteiger partial charge in [0.2, 0.25) is 0 Å². The molecule has 0 atom stereocenters. The highest BCUT2D eigenvalue weighted by Gasteiger charge is 2.16. The van der Waals surface area contributed by atoms with Crippen molar-refractivity contribution in [1.82, 2.24) is 14.5 Å². The number of aromatic nitrogens is 3. The molecule has 0 bridgehead atoms. The summed E-state index contributed by atoms with van der Waals surface area (Å²) in [5.41, 5.74) is 8.60. The van der Waals surface area contributed by atoms with Gasteiger partial charge in [-0.05, 0) is 48.4 Å². The van der Waals surface area contributed by atoms with Gasteiger partial charge in [-0.15, -0.1) is 0 Å². The van der Waals surface area contributed by atoms with Crippen LogP contribution in [0.5, 0.6) is 0 Å². The first-order valence-corrected chi connectivity index (χ1v) is 11.3. The monoisotopic (exact) mass is 425 g/mol. The van der Waals surface area contributed by atoms with Gasteiger partial charge in [-0.1, -0.05) is 73.7 Å².